The van der Waals surface area contributed by atoms with Gasteiger partial charge in [-0.3, -0.25) is 4.79 Å². The van der Waals surface area contributed by atoms with Gasteiger partial charge >= 0.3 is 12.1 Å². The predicted octanol–water partition coefficient (Wildman–Crippen LogP) is 2.78. The summed E-state index contributed by atoms with van der Waals surface area (Å²) in [6.45, 7) is 5.72. The summed E-state index contributed by atoms with van der Waals surface area (Å²) in [7, 11) is 0. The molecule has 0 amide bonds. The van der Waals surface area contributed by atoms with Crippen molar-refractivity contribution in [1.82, 2.24) is 4.98 Å². The molecule has 2 fully saturated rings. The summed E-state index contributed by atoms with van der Waals surface area (Å²) in [5.41, 5.74) is -0.799. The van der Waals surface area contributed by atoms with Gasteiger partial charge in [0, 0.05) is 24.1 Å². The van der Waals surface area contributed by atoms with Gasteiger partial charge in [-0.1, -0.05) is 13.0 Å². The van der Waals surface area contributed by atoms with Crippen LogP contribution in [-0.2, 0) is 25.9 Å². The van der Waals surface area contributed by atoms with Crippen LogP contribution in [0.1, 0.15) is 31.5 Å². The fourth-order valence-electron chi connectivity index (χ4n) is 3.32. The molecule has 2 unspecified atom stereocenters. The van der Waals surface area contributed by atoms with Crippen LogP contribution < -0.4 is 4.90 Å². The molecular weight excluding hydrogens is 337 g/mol. The Bertz CT molecular complexity index is 659. The number of pyridine rings is 1. The number of halogens is 3. The van der Waals surface area contributed by atoms with Gasteiger partial charge in [-0.15, -0.1) is 0 Å². The van der Waals surface area contributed by atoms with Crippen molar-refractivity contribution in [3.63, 3.8) is 0 Å². The van der Waals surface area contributed by atoms with E-state index in [1.54, 1.807) is 11.8 Å². The van der Waals surface area contributed by atoms with Crippen LogP contribution in [0.25, 0.3) is 0 Å². The van der Waals surface area contributed by atoms with Gasteiger partial charge in [0.1, 0.15) is 11.5 Å². The van der Waals surface area contributed by atoms with E-state index in [2.05, 4.69) is 4.98 Å². The zero-order chi connectivity index (χ0) is 18.2. The Morgan fingerprint density at radius 3 is 2.68 bits per heavy atom. The number of nitrogens with zero attached hydrogens (tertiary/aromatic N) is 2. The highest BCUT2D eigenvalue weighted by atomic mass is 19.4. The van der Waals surface area contributed by atoms with Gasteiger partial charge in [0.25, 0.3) is 0 Å². The van der Waals surface area contributed by atoms with Crippen molar-refractivity contribution in [1.29, 1.82) is 0 Å². The molecule has 1 aliphatic carbocycles. The van der Waals surface area contributed by atoms with Crippen molar-refractivity contribution >= 4 is 11.8 Å². The Morgan fingerprint density at radius 2 is 2.08 bits per heavy atom. The Morgan fingerprint density at radius 1 is 1.40 bits per heavy atom. The van der Waals surface area contributed by atoms with Crippen molar-refractivity contribution in [3.8, 4) is 0 Å². The number of aromatic nitrogens is 1. The maximum atomic E-state index is 13.1. The van der Waals surface area contributed by atoms with E-state index in [9.17, 15) is 18.0 Å². The minimum absolute atomic E-state index is 0.285. The Kier molecular flexibility index (Phi) is 4.66. The third-order valence-corrected chi connectivity index (χ3v) is 4.90. The van der Waals surface area contributed by atoms with E-state index in [4.69, 9.17) is 9.47 Å². The molecular formula is C17H21F3N2O3. The molecule has 2 heterocycles. The average molecular weight is 358 g/mol. The molecule has 1 saturated heterocycles. The number of esters is 1. The van der Waals surface area contributed by atoms with Gasteiger partial charge in [0.15, 0.2) is 0 Å². The quantitative estimate of drug-likeness (QED) is 0.775. The second kappa shape index (κ2) is 6.48. The van der Waals surface area contributed by atoms with Crippen molar-refractivity contribution in [3.05, 3.63) is 23.4 Å². The lowest BCUT2D eigenvalue weighted by atomic mass is 9.95. The third-order valence-electron chi connectivity index (χ3n) is 4.90. The van der Waals surface area contributed by atoms with Crippen molar-refractivity contribution in [2.75, 3.05) is 37.8 Å². The van der Waals surface area contributed by atoms with Crippen molar-refractivity contribution < 1.29 is 27.4 Å². The summed E-state index contributed by atoms with van der Waals surface area (Å²) >= 11 is 0. The van der Waals surface area contributed by atoms with E-state index in [-0.39, 0.29) is 18.5 Å². The van der Waals surface area contributed by atoms with Gasteiger partial charge < -0.3 is 14.4 Å². The highest BCUT2D eigenvalue weighted by Gasteiger charge is 2.58. The molecule has 2 atom stereocenters. The SMILES string of the molecule is CCOC(=O)C1CC1(C)c1ccc(C(F)(F)F)nc1N1CCOCC1. The number of carbonyl (C=O) groups excluding carboxylic acids is 1. The number of hydrogen-bond donors (Lipinski definition) is 0. The maximum absolute atomic E-state index is 13.1. The molecule has 1 aliphatic heterocycles. The second-order valence-electron chi connectivity index (χ2n) is 6.59. The second-order valence-corrected chi connectivity index (χ2v) is 6.59. The fourth-order valence-corrected chi connectivity index (χ4v) is 3.32. The zero-order valence-electron chi connectivity index (χ0n) is 14.2. The van der Waals surface area contributed by atoms with Crippen molar-refractivity contribution in [2.24, 2.45) is 5.92 Å². The molecule has 2 aliphatic rings. The normalized spacial score (nSPS) is 26.4. The van der Waals surface area contributed by atoms with Gasteiger partial charge in [0.2, 0.25) is 0 Å². The van der Waals surface area contributed by atoms with E-state index < -0.39 is 17.3 Å². The standard InChI is InChI=1S/C17H21F3N2O3/c1-3-25-15(23)12-10-16(12,2)11-4-5-13(17(18,19)20)21-14(11)22-6-8-24-9-7-22/h4-5,12H,3,6-10H2,1-2H3. The fraction of sp³-hybridized carbons (Fsp3) is 0.647. The maximum Gasteiger partial charge on any atom is 0.433 e. The largest absolute Gasteiger partial charge is 0.466 e. The number of anilines is 1. The van der Waals surface area contributed by atoms with Crippen LogP contribution in [0.15, 0.2) is 12.1 Å². The molecule has 3 rings (SSSR count). The smallest absolute Gasteiger partial charge is 0.433 e. The van der Waals surface area contributed by atoms with Crippen LogP contribution in [-0.4, -0.2) is 43.9 Å². The summed E-state index contributed by atoms with van der Waals surface area (Å²) in [5, 5.41) is 0. The van der Waals surface area contributed by atoms with Gasteiger partial charge in [0.05, 0.1) is 25.7 Å². The van der Waals surface area contributed by atoms with Gasteiger partial charge in [-0.2, -0.15) is 13.2 Å². The molecule has 1 aromatic heterocycles. The topological polar surface area (TPSA) is 51.7 Å². The summed E-state index contributed by atoms with van der Waals surface area (Å²) in [6, 6.07) is 2.45. The molecule has 1 aromatic rings. The summed E-state index contributed by atoms with van der Waals surface area (Å²) in [5.74, 6) is -0.351. The monoisotopic (exact) mass is 358 g/mol. The first-order valence-electron chi connectivity index (χ1n) is 8.35. The van der Waals surface area contributed by atoms with E-state index in [1.807, 2.05) is 6.92 Å². The van der Waals surface area contributed by atoms with E-state index in [0.717, 1.165) is 6.07 Å². The molecule has 0 bridgehead atoms. The number of ether oxygens (including phenoxy) is 2. The summed E-state index contributed by atoms with van der Waals surface area (Å²) < 4.78 is 49.7. The van der Waals surface area contributed by atoms with Gasteiger partial charge in [-0.25, -0.2) is 4.98 Å². The summed E-state index contributed by atoms with van der Waals surface area (Å²) in [6.07, 6.45) is -3.96. The number of hydrogen-bond acceptors (Lipinski definition) is 5. The lowest BCUT2D eigenvalue weighted by molar-refractivity contribution is -0.145. The number of rotatable bonds is 4. The number of carbonyl (C=O) groups is 1. The van der Waals surface area contributed by atoms with E-state index >= 15 is 0 Å². The molecule has 8 heteroatoms. The van der Waals surface area contributed by atoms with Crippen LogP contribution >= 0.6 is 0 Å². The highest BCUT2D eigenvalue weighted by molar-refractivity contribution is 5.80. The lowest BCUT2D eigenvalue weighted by Gasteiger charge is -2.31. The predicted molar refractivity (Wildman–Crippen MR) is 84.4 cm³/mol. The zero-order valence-corrected chi connectivity index (χ0v) is 14.2. The minimum Gasteiger partial charge on any atom is -0.466 e. The Hall–Kier alpha value is -1.83. The van der Waals surface area contributed by atoms with Gasteiger partial charge in [-0.05, 0) is 19.4 Å². The molecule has 5 nitrogen and oxygen atoms in total. The van der Waals surface area contributed by atoms with Crippen LogP contribution in [0.3, 0.4) is 0 Å². The third kappa shape index (κ3) is 3.44. The molecule has 0 aromatic carbocycles. The average Bonchev–Trinajstić information content (AvgIpc) is 3.28. The molecule has 0 N–H and O–H groups in total. The van der Waals surface area contributed by atoms with Crippen LogP contribution in [0, 0.1) is 5.92 Å². The molecule has 25 heavy (non-hydrogen) atoms. The first kappa shape index (κ1) is 18.0. The molecule has 138 valence electrons. The summed E-state index contributed by atoms with van der Waals surface area (Å²) in [4.78, 5) is 17.8. The van der Waals surface area contributed by atoms with Crippen molar-refractivity contribution in [2.45, 2.75) is 31.9 Å². The van der Waals surface area contributed by atoms with Crippen LogP contribution in [0.2, 0.25) is 0 Å². The number of morpholine rings is 1. The lowest BCUT2D eigenvalue weighted by Crippen LogP contribution is -2.38. The number of alkyl halides is 3. The Balaban J connectivity index is 1.97. The van der Waals surface area contributed by atoms with Crippen LogP contribution in [0.4, 0.5) is 19.0 Å². The Labute approximate surface area is 144 Å². The molecule has 1 saturated carbocycles. The first-order valence-corrected chi connectivity index (χ1v) is 8.35. The minimum atomic E-state index is -4.51. The molecule has 0 radical (unpaired) electrons. The van der Waals surface area contributed by atoms with Crippen LogP contribution in [0.5, 0.6) is 0 Å². The first-order chi connectivity index (χ1) is 11.8. The highest BCUT2D eigenvalue weighted by Crippen LogP contribution is 2.56. The van der Waals surface area contributed by atoms with E-state index in [0.29, 0.717) is 44.1 Å². The van der Waals surface area contributed by atoms with E-state index in [1.165, 1.54) is 6.07 Å². The molecule has 0 spiro atoms.